The van der Waals surface area contributed by atoms with Crippen molar-refractivity contribution in [2.45, 2.75) is 12.8 Å². The second kappa shape index (κ2) is 6.28. The molecule has 0 aliphatic heterocycles. The predicted molar refractivity (Wildman–Crippen MR) is 82.1 cm³/mol. The average Bonchev–Trinajstić information content (AvgIpc) is 2.86. The molecule has 0 spiro atoms. The summed E-state index contributed by atoms with van der Waals surface area (Å²) < 4.78 is 0. The molecule has 2 aromatic rings. The maximum atomic E-state index is 11.8. The number of rotatable bonds is 4. The third kappa shape index (κ3) is 3.86. The van der Waals surface area contributed by atoms with Crippen molar-refractivity contribution in [1.29, 1.82) is 0 Å². The lowest BCUT2D eigenvalue weighted by Crippen LogP contribution is -2.12. The second-order valence-corrected chi connectivity index (χ2v) is 5.83. The van der Waals surface area contributed by atoms with E-state index in [-0.39, 0.29) is 5.91 Å². The van der Waals surface area contributed by atoms with Crippen molar-refractivity contribution in [1.82, 2.24) is 0 Å². The zero-order chi connectivity index (χ0) is 13.8. The number of hydrogen-bond donors (Lipinski definition) is 2. The van der Waals surface area contributed by atoms with Crippen molar-refractivity contribution < 1.29 is 4.79 Å². The number of carbonyl (C=O) groups is 1. The van der Waals surface area contributed by atoms with Gasteiger partial charge in [0.05, 0.1) is 15.7 Å². The van der Waals surface area contributed by atoms with Gasteiger partial charge in [-0.25, -0.2) is 0 Å². The van der Waals surface area contributed by atoms with E-state index in [2.05, 4.69) is 5.32 Å². The Balaban J connectivity index is 1.95. The fourth-order valence-corrected chi connectivity index (χ4v) is 2.77. The molecule has 1 aromatic carbocycles. The lowest BCUT2D eigenvalue weighted by molar-refractivity contribution is -0.116. The highest BCUT2D eigenvalue weighted by Gasteiger charge is 2.08. The molecule has 2 rings (SSSR count). The Hall–Kier alpha value is -1.23. The van der Waals surface area contributed by atoms with Gasteiger partial charge in [-0.2, -0.15) is 0 Å². The zero-order valence-electron chi connectivity index (χ0n) is 9.95. The SMILES string of the molecule is Nc1c(Cl)cc(NC(=O)CCc2cccs2)cc1Cl. The monoisotopic (exact) mass is 314 g/mol. The third-order valence-corrected chi connectivity index (χ3v) is 4.10. The molecule has 19 heavy (non-hydrogen) atoms. The fraction of sp³-hybridized carbons (Fsp3) is 0.154. The number of thiophene rings is 1. The summed E-state index contributed by atoms with van der Waals surface area (Å²) >= 11 is 13.4. The molecule has 0 fully saturated rings. The first-order valence-corrected chi connectivity index (χ1v) is 7.26. The van der Waals surface area contributed by atoms with Crippen LogP contribution in [0.1, 0.15) is 11.3 Å². The molecule has 1 aromatic heterocycles. The Labute approximate surface area is 125 Å². The van der Waals surface area contributed by atoms with Gasteiger partial charge in [0.2, 0.25) is 5.91 Å². The van der Waals surface area contributed by atoms with Gasteiger partial charge in [-0.05, 0) is 30.0 Å². The van der Waals surface area contributed by atoms with Crippen LogP contribution in [0, 0.1) is 0 Å². The molecule has 3 nitrogen and oxygen atoms in total. The molecule has 0 bridgehead atoms. The molecule has 0 aliphatic carbocycles. The summed E-state index contributed by atoms with van der Waals surface area (Å²) in [5.41, 5.74) is 6.50. The summed E-state index contributed by atoms with van der Waals surface area (Å²) in [5, 5.41) is 5.42. The van der Waals surface area contributed by atoms with Crippen molar-refractivity contribution >= 4 is 51.8 Å². The van der Waals surface area contributed by atoms with Crippen LogP contribution in [0.4, 0.5) is 11.4 Å². The topological polar surface area (TPSA) is 55.1 Å². The highest BCUT2D eigenvalue weighted by atomic mass is 35.5. The van der Waals surface area contributed by atoms with Gasteiger partial charge in [-0.15, -0.1) is 11.3 Å². The summed E-state index contributed by atoms with van der Waals surface area (Å²) in [5.74, 6) is -0.0784. The van der Waals surface area contributed by atoms with E-state index in [0.717, 1.165) is 6.42 Å². The molecular formula is C13H12Cl2N2OS. The summed E-state index contributed by atoms with van der Waals surface area (Å²) in [4.78, 5) is 13.0. The van der Waals surface area contributed by atoms with E-state index in [0.29, 0.717) is 27.8 Å². The van der Waals surface area contributed by atoms with Gasteiger partial charge in [-0.3, -0.25) is 4.79 Å². The maximum Gasteiger partial charge on any atom is 0.224 e. The van der Waals surface area contributed by atoms with Crippen molar-refractivity contribution in [3.8, 4) is 0 Å². The van der Waals surface area contributed by atoms with Gasteiger partial charge in [-0.1, -0.05) is 29.3 Å². The number of amides is 1. The quantitative estimate of drug-likeness (QED) is 0.831. The summed E-state index contributed by atoms with van der Waals surface area (Å²) in [6.07, 6.45) is 1.14. The number of hydrogen-bond acceptors (Lipinski definition) is 3. The van der Waals surface area contributed by atoms with E-state index in [4.69, 9.17) is 28.9 Å². The van der Waals surface area contributed by atoms with Gasteiger partial charge in [0.25, 0.3) is 0 Å². The number of nitrogen functional groups attached to an aromatic ring is 1. The first kappa shape index (κ1) is 14.2. The van der Waals surface area contributed by atoms with Crippen molar-refractivity contribution in [3.63, 3.8) is 0 Å². The van der Waals surface area contributed by atoms with Crippen LogP contribution < -0.4 is 11.1 Å². The second-order valence-electron chi connectivity index (χ2n) is 3.98. The van der Waals surface area contributed by atoms with Gasteiger partial charge >= 0.3 is 0 Å². The van der Waals surface area contributed by atoms with Crippen LogP contribution in [-0.2, 0) is 11.2 Å². The van der Waals surface area contributed by atoms with Gasteiger partial charge in [0, 0.05) is 17.0 Å². The molecule has 0 saturated heterocycles. The number of nitrogens with two attached hydrogens (primary N) is 1. The number of nitrogens with one attached hydrogen (secondary N) is 1. The smallest absolute Gasteiger partial charge is 0.224 e. The largest absolute Gasteiger partial charge is 0.396 e. The normalized spacial score (nSPS) is 10.4. The van der Waals surface area contributed by atoms with E-state index in [9.17, 15) is 4.79 Å². The van der Waals surface area contributed by atoms with Crippen LogP contribution in [0.3, 0.4) is 0 Å². The summed E-state index contributed by atoms with van der Waals surface area (Å²) in [6.45, 7) is 0. The Bertz CT molecular complexity index is 561. The van der Waals surface area contributed by atoms with E-state index >= 15 is 0 Å². The Morgan fingerprint density at radius 1 is 1.32 bits per heavy atom. The van der Waals surface area contributed by atoms with Crippen LogP contribution >= 0.6 is 34.5 Å². The number of carbonyl (C=O) groups excluding carboxylic acids is 1. The van der Waals surface area contributed by atoms with Crippen LogP contribution in [0.2, 0.25) is 10.0 Å². The third-order valence-electron chi connectivity index (χ3n) is 2.54. The molecule has 3 N–H and O–H groups in total. The van der Waals surface area contributed by atoms with Crippen molar-refractivity contribution in [2.24, 2.45) is 0 Å². The molecule has 0 unspecified atom stereocenters. The summed E-state index contributed by atoms with van der Waals surface area (Å²) in [7, 11) is 0. The molecule has 1 heterocycles. The lowest BCUT2D eigenvalue weighted by atomic mass is 10.2. The zero-order valence-corrected chi connectivity index (χ0v) is 12.3. The van der Waals surface area contributed by atoms with E-state index in [1.165, 1.54) is 4.88 Å². The van der Waals surface area contributed by atoms with E-state index in [1.54, 1.807) is 23.5 Å². The first-order chi connectivity index (χ1) is 9.06. The number of benzene rings is 1. The van der Waals surface area contributed by atoms with Crippen molar-refractivity contribution in [2.75, 3.05) is 11.1 Å². The highest BCUT2D eigenvalue weighted by Crippen LogP contribution is 2.31. The molecule has 0 saturated carbocycles. The van der Waals surface area contributed by atoms with E-state index in [1.807, 2.05) is 17.5 Å². The number of halogens is 2. The predicted octanol–water partition coefficient (Wildman–Crippen LogP) is 4.21. The molecule has 0 aliphatic rings. The molecule has 0 radical (unpaired) electrons. The molecule has 1 amide bonds. The van der Waals surface area contributed by atoms with Gasteiger partial charge in [0.1, 0.15) is 0 Å². The van der Waals surface area contributed by atoms with Crippen LogP contribution in [0.15, 0.2) is 29.6 Å². The van der Waals surface area contributed by atoms with E-state index < -0.39 is 0 Å². The fourth-order valence-electron chi connectivity index (χ4n) is 1.57. The standard InChI is InChI=1S/C13H12Cl2N2OS/c14-10-6-8(7-11(15)13(10)16)17-12(18)4-3-9-2-1-5-19-9/h1-2,5-7H,3-4,16H2,(H,17,18). The minimum atomic E-state index is -0.0784. The minimum absolute atomic E-state index is 0.0784. The Kier molecular flexibility index (Phi) is 4.69. The van der Waals surface area contributed by atoms with Gasteiger partial charge in [0.15, 0.2) is 0 Å². The Morgan fingerprint density at radius 3 is 2.58 bits per heavy atom. The molecule has 100 valence electrons. The minimum Gasteiger partial charge on any atom is -0.396 e. The Morgan fingerprint density at radius 2 is 2.00 bits per heavy atom. The summed E-state index contributed by atoms with van der Waals surface area (Å²) in [6, 6.07) is 7.16. The lowest BCUT2D eigenvalue weighted by Gasteiger charge is -2.08. The van der Waals surface area contributed by atoms with Crippen LogP contribution in [0.5, 0.6) is 0 Å². The highest BCUT2D eigenvalue weighted by molar-refractivity contribution is 7.09. The number of aryl methyl sites for hydroxylation is 1. The first-order valence-electron chi connectivity index (χ1n) is 5.63. The number of anilines is 2. The van der Waals surface area contributed by atoms with Gasteiger partial charge < -0.3 is 11.1 Å². The van der Waals surface area contributed by atoms with Crippen LogP contribution in [-0.4, -0.2) is 5.91 Å². The molecule has 6 heteroatoms. The van der Waals surface area contributed by atoms with Crippen LogP contribution in [0.25, 0.3) is 0 Å². The van der Waals surface area contributed by atoms with Crippen molar-refractivity contribution in [3.05, 3.63) is 44.6 Å². The average molecular weight is 315 g/mol. The maximum absolute atomic E-state index is 11.8. The molecular weight excluding hydrogens is 303 g/mol. The molecule has 0 atom stereocenters.